The van der Waals surface area contributed by atoms with Crippen LogP contribution in [0.2, 0.25) is 0 Å². The first kappa shape index (κ1) is 23.3. The van der Waals surface area contributed by atoms with Gasteiger partial charge in [-0.15, -0.1) is 0 Å². The third-order valence-electron chi connectivity index (χ3n) is 6.22. The number of benzene rings is 1. The minimum atomic E-state index is -1.03. The Morgan fingerprint density at radius 1 is 1.35 bits per heavy atom. The van der Waals surface area contributed by atoms with Crippen molar-refractivity contribution in [2.45, 2.75) is 26.8 Å². The van der Waals surface area contributed by atoms with Crippen LogP contribution in [0.1, 0.15) is 41.4 Å². The molecule has 3 heterocycles. The van der Waals surface area contributed by atoms with Crippen LogP contribution in [0.4, 0.5) is 5.69 Å². The van der Waals surface area contributed by atoms with E-state index in [9.17, 15) is 20.0 Å². The molecule has 0 saturated carbocycles. The lowest BCUT2D eigenvalue weighted by Gasteiger charge is -2.55. The fraction of sp³-hybridized carbons (Fsp3) is 0.360. The van der Waals surface area contributed by atoms with Crippen molar-refractivity contribution in [3.63, 3.8) is 0 Å². The van der Waals surface area contributed by atoms with E-state index in [0.717, 1.165) is 18.7 Å². The highest BCUT2D eigenvalue weighted by Crippen LogP contribution is 2.40. The minimum Gasteiger partial charge on any atom is -0.478 e. The van der Waals surface area contributed by atoms with Gasteiger partial charge < -0.3 is 20.1 Å². The number of aromatic nitrogens is 1. The Morgan fingerprint density at radius 3 is 2.65 bits per heavy atom. The van der Waals surface area contributed by atoms with Crippen LogP contribution in [0.3, 0.4) is 0 Å². The Labute approximate surface area is 197 Å². The maximum atomic E-state index is 12.0. The maximum Gasteiger partial charge on any atom is 0.337 e. The summed E-state index contributed by atoms with van der Waals surface area (Å²) in [5, 5.41) is 22.4. The standard InChI is InChI=1S/C25H27N5O4/c1-16-8-20(18(3)27-21-7-5-4-6-19(21)24(32)33)23(29(10-16)15-31)28-22(17(2)9-26)30-11-25(12-30)13-34-14-25/h4-8,10,15,18,27H,11-14H2,1-3H3,(H,32,33)/b22-17-,28-23-. The largest absolute Gasteiger partial charge is 0.478 e. The smallest absolute Gasteiger partial charge is 0.337 e. The molecule has 0 bridgehead atoms. The van der Waals surface area contributed by atoms with Gasteiger partial charge in [-0.25, -0.2) is 9.79 Å². The van der Waals surface area contributed by atoms with Gasteiger partial charge in [-0.05, 0) is 44.5 Å². The summed E-state index contributed by atoms with van der Waals surface area (Å²) in [7, 11) is 0. The van der Waals surface area contributed by atoms with Crippen LogP contribution < -0.4 is 10.8 Å². The summed E-state index contributed by atoms with van der Waals surface area (Å²) in [6, 6.07) is 10.4. The lowest BCUT2D eigenvalue weighted by atomic mass is 9.78. The number of carbonyl (C=O) groups excluding carboxylic acids is 1. The fourth-order valence-corrected chi connectivity index (χ4v) is 4.43. The molecule has 1 aromatic carbocycles. The number of hydrogen-bond donors (Lipinski definition) is 2. The first-order valence-electron chi connectivity index (χ1n) is 11.0. The van der Waals surface area contributed by atoms with E-state index >= 15 is 0 Å². The van der Waals surface area contributed by atoms with Gasteiger partial charge in [0.1, 0.15) is 11.3 Å². The highest BCUT2D eigenvalue weighted by Gasteiger charge is 2.50. The van der Waals surface area contributed by atoms with Crippen LogP contribution >= 0.6 is 0 Å². The van der Waals surface area contributed by atoms with E-state index in [4.69, 9.17) is 9.73 Å². The molecule has 2 N–H and O–H groups in total. The first-order chi connectivity index (χ1) is 16.3. The number of aromatic carboxylic acids is 1. The molecule has 2 saturated heterocycles. The van der Waals surface area contributed by atoms with Crippen molar-refractivity contribution in [3.05, 3.63) is 70.1 Å². The van der Waals surface area contributed by atoms with Gasteiger partial charge in [0.05, 0.1) is 41.9 Å². The summed E-state index contributed by atoms with van der Waals surface area (Å²) < 4.78 is 6.76. The molecule has 2 aromatic rings. The molecule has 0 amide bonds. The monoisotopic (exact) mass is 461 g/mol. The fourth-order valence-electron chi connectivity index (χ4n) is 4.43. The van der Waals surface area contributed by atoms with Crippen LogP contribution in [0, 0.1) is 23.7 Å². The number of rotatable bonds is 7. The number of allylic oxidation sites excluding steroid dienone is 1. The van der Waals surface area contributed by atoms with Crippen molar-refractivity contribution in [3.8, 4) is 6.07 Å². The topological polar surface area (TPSA) is 120 Å². The summed E-state index contributed by atoms with van der Waals surface area (Å²) in [5.74, 6) is -0.507. The highest BCUT2D eigenvalue weighted by molar-refractivity contribution is 5.94. The van der Waals surface area contributed by atoms with Gasteiger partial charge >= 0.3 is 5.97 Å². The Bertz CT molecular complexity index is 1270. The van der Waals surface area contributed by atoms with Gasteiger partial charge in [0.2, 0.25) is 6.41 Å². The minimum absolute atomic E-state index is 0.128. The van der Waals surface area contributed by atoms with Gasteiger partial charge in [-0.3, -0.25) is 9.36 Å². The Hall–Kier alpha value is -3.90. The van der Waals surface area contributed by atoms with Crippen LogP contribution in [0.5, 0.6) is 0 Å². The van der Waals surface area contributed by atoms with Crippen LogP contribution in [0.15, 0.2) is 52.9 Å². The number of carboxylic acid groups (broad SMARTS) is 1. The number of hydrogen-bond acceptors (Lipinski definition) is 7. The molecule has 0 aliphatic carbocycles. The second-order valence-corrected chi connectivity index (χ2v) is 9.05. The molecular weight excluding hydrogens is 434 g/mol. The zero-order valence-electron chi connectivity index (χ0n) is 19.4. The summed E-state index contributed by atoms with van der Waals surface area (Å²) in [6.07, 6.45) is 2.37. The third kappa shape index (κ3) is 4.32. The lowest BCUT2D eigenvalue weighted by molar-refractivity contribution is -0.180. The van der Waals surface area contributed by atoms with Crippen molar-refractivity contribution in [1.29, 1.82) is 5.26 Å². The predicted molar refractivity (Wildman–Crippen MR) is 125 cm³/mol. The van der Waals surface area contributed by atoms with E-state index in [1.54, 1.807) is 31.3 Å². The average molecular weight is 462 g/mol. The number of nitrogens with zero attached hydrogens (tertiary/aromatic N) is 4. The molecule has 1 spiro atoms. The van der Waals surface area contributed by atoms with Crippen molar-refractivity contribution in [1.82, 2.24) is 9.47 Å². The molecule has 0 radical (unpaired) electrons. The summed E-state index contributed by atoms with van der Waals surface area (Å²) in [6.45, 7) is 8.36. The number of likely N-dealkylation sites (tertiary alicyclic amines) is 1. The first-order valence-corrected chi connectivity index (χ1v) is 11.0. The third-order valence-corrected chi connectivity index (χ3v) is 6.22. The Morgan fingerprint density at radius 2 is 2.06 bits per heavy atom. The zero-order valence-corrected chi connectivity index (χ0v) is 19.4. The molecule has 176 valence electrons. The van der Waals surface area contributed by atoms with E-state index < -0.39 is 5.97 Å². The molecule has 1 unspecified atom stereocenters. The Balaban J connectivity index is 1.78. The number of nitriles is 1. The van der Waals surface area contributed by atoms with Gasteiger partial charge in [0.15, 0.2) is 0 Å². The highest BCUT2D eigenvalue weighted by atomic mass is 16.5. The average Bonchev–Trinajstić information content (AvgIpc) is 2.76. The number of para-hydroxylation sites is 1. The van der Waals surface area contributed by atoms with Crippen molar-refractivity contribution in [2.75, 3.05) is 31.6 Å². The van der Waals surface area contributed by atoms with Gasteiger partial charge in [0.25, 0.3) is 0 Å². The molecule has 2 aliphatic rings. The quantitative estimate of drug-likeness (QED) is 0.480. The van der Waals surface area contributed by atoms with E-state index in [0.29, 0.717) is 47.8 Å². The molecule has 4 rings (SSSR count). The summed E-state index contributed by atoms with van der Waals surface area (Å²) in [4.78, 5) is 30.5. The second-order valence-electron chi connectivity index (χ2n) is 9.05. The van der Waals surface area contributed by atoms with Crippen molar-refractivity contribution < 1.29 is 19.4 Å². The molecule has 2 fully saturated rings. The molecule has 34 heavy (non-hydrogen) atoms. The van der Waals surface area contributed by atoms with E-state index in [2.05, 4.69) is 11.4 Å². The van der Waals surface area contributed by atoms with Crippen molar-refractivity contribution in [2.24, 2.45) is 10.4 Å². The summed E-state index contributed by atoms with van der Waals surface area (Å²) in [5.41, 5.74) is 3.14. The van der Waals surface area contributed by atoms with Crippen LogP contribution in [0.25, 0.3) is 0 Å². The van der Waals surface area contributed by atoms with E-state index in [-0.39, 0.29) is 17.0 Å². The van der Waals surface area contributed by atoms with Gasteiger partial charge in [0, 0.05) is 30.5 Å². The maximum absolute atomic E-state index is 12.0. The van der Waals surface area contributed by atoms with E-state index in [1.165, 1.54) is 10.6 Å². The number of carboxylic acids is 1. The second kappa shape index (κ2) is 9.15. The number of pyridine rings is 1. The number of ether oxygens (including phenoxy) is 1. The van der Waals surface area contributed by atoms with E-state index in [1.807, 2.05) is 24.8 Å². The molecule has 9 heteroatoms. The normalized spacial score (nSPS) is 18.3. The predicted octanol–water partition coefficient (Wildman–Crippen LogP) is 2.69. The molecular formula is C25H27N5O4. The number of nitrogens with one attached hydrogen (secondary N) is 1. The number of anilines is 1. The van der Waals surface area contributed by atoms with Gasteiger partial charge in [-0.1, -0.05) is 12.1 Å². The van der Waals surface area contributed by atoms with Crippen LogP contribution in [-0.2, 0) is 9.53 Å². The lowest BCUT2D eigenvalue weighted by Crippen LogP contribution is -2.65. The molecule has 2 aliphatic heterocycles. The molecule has 1 atom stereocenters. The van der Waals surface area contributed by atoms with Crippen LogP contribution in [-0.4, -0.2) is 53.3 Å². The number of carbonyl (C=O) groups is 2. The molecule has 1 aromatic heterocycles. The summed E-state index contributed by atoms with van der Waals surface area (Å²) >= 11 is 0. The zero-order chi connectivity index (χ0) is 24.5. The Kier molecular flexibility index (Phi) is 6.26. The van der Waals surface area contributed by atoms with Crippen molar-refractivity contribution >= 4 is 18.1 Å². The SMILES string of the molecule is C/C(C#N)=C(\N=c1\c(C(C)Nc2ccccc2C(=O)O)cc(C)cn1C=O)N1CC2(COC2)C1. The number of aryl methyl sites for hydroxylation is 1. The van der Waals surface area contributed by atoms with Gasteiger partial charge in [-0.2, -0.15) is 5.26 Å². The molecule has 9 nitrogen and oxygen atoms in total.